The number of sulfonamides is 1. The van der Waals surface area contributed by atoms with Crippen molar-refractivity contribution in [1.29, 1.82) is 0 Å². The van der Waals surface area contributed by atoms with Gasteiger partial charge in [-0.25, -0.2) is 12.7 Å². The predicted octanol–water partition coefficient (Wildman–Crippen LogP) is 1.08. The Bertz CT molecular complexity index is 577. The van der Waals surface area contributed by atoms with Gasteiger partial charge in [0, 0.05) is 18.8 Å². The largest absolute Gasteiger partial charge is 0.326 e. The molecule has 1 amide bonds. The number of carbonyl (C=O) groups is 1. The lowest BCUT2D eigenvalue weighted by atomic mass is 10.0. The van der Waals surface area contributed by atoms with E-state index in [1.807, 2.05) is 31.2 Å². The topological polar surface area (TPSA) is 66.5 Å². The van der Waals surface area contributed by atoms with E-state index >= 15 is 0 Å². The molecular formula is C13H18N2O3S. The van der Waals surface area contributed by atoms with E-state index in [0.717, 1.165) is 23.9 Å². The maximum atomic E-state index is 12.0. The fourth-order valence-electron chi connectivity index (χ4n) is 2.06. The fourth-order valence-corrected chi connectivity index (χ4v) is 2.96. The van der Waals surface area contributed by atoms with Crippen LogP contribution in [0.2, 0.25) is 0 Å². The minimum absolute atomic E-state index is 0.110. The Morgan fingerprint density at radius 1 is 1.37 bits per heavy atom. The summed E-state index contributed by atoms with van der Waals surface area (Å²) in [6, 6.07) is 7.64. The van der Waals surface area contributed by atoms with Crippen molar-refractivity contribution in [3.05, 3.63) is 29.8 Å². The second kappa shape index (κ2) is 5.30. The first kappa shape index (κ1) is 14.0. The highest BCUT2D eigenvalue weighted by Crippen LogP contribution is 2.22. The van der Waals surface area contributed by atoms with Crippen molar-refractivity contribution < 1.29 is 13.2 Å². The molecule has 1 N–H and O–H groups in total. The molecule has 104 valence electrons. The first-order valence-electron chi connectivity index (χ1n) is 6.25. The lowest BCUT2D eigenvalue weighted by Crippen LogP contribution is -2.53. The van der Waals surface area contributed by atoms with Crippen LogP contribution >= 0.6 is 0 Å². The van der Waals surface area contributed by atoms with Gasteiger partial charge in [0.2, 0.25) is 15.9 Å². The third kappa shape index (κ3) is 3.13. The molecule has 0 aliphatic carbocycles. The molecular weight excluding hydrogens is 264 g/mol. The van der Waals surface area contributed by atoms with Gasteiger partial charge < -0.3 is 5.32 Å². The Hall–Kier alpha value is -1.40. The van der Waals surface area contributed by atoms with Crippen LogP contribution in [0, 0.1) is 5.92 Å². The van der Waals surface area contributed by atoms with Gasteiger partial charge in [0.1, 0.15) is 0 Å². The predicted molar refractivity (Wildman–Crippen MR) is 74.4 cm³/mol. The van der Waals surface area contributed by atoms with E-state index in [2.05, 4.69) is 5.32 Å². The molecule has 0 spiro atoms. The van der Waals surface area contributed by atoms with Crippen LogP contribution in [0.25, 0.3) is 0 Å². The van der Waals surface area contributed by atoms with Crippen LogP contribution in [-0.4, -0.2) is 38.0 Å². The zero-order chi connectivity index (χ0) is 14.0. The second-order valence-electron chi connectivity index (χ2n) is 4.78. The normalized spacial score (nSPS) is 16.9. The van der Waals surface area contributed by atoms with Gasteiger partial charge in [-0.3, -0.25) is 4.79 Å². The molecule has 1 aliphatic rings. The van der Waals surface area contributed by atoms with Crippen LogP contribution < -0.4 is 5.32 Å². The molecule has 1 aromatic rings. The molecule has 0 unspecified atom stereocenters. The zero-order valence-electron chi connectivity index (χ0n) is 11.1. The van der Waals surface area contributed by atoms with Gasteiger partial charge in [-0.15, -0.1) is 0 Å². The standard InChI is InChI=1S/C13H18N2O3S/c1-3-10-6-4-5-7-12(10)14-13(16)11-8-15(9-11)19(2,17)18/h4-7,11H,3,8-9H2,1-2H3,(H,14,16). The van der Waals surface area contributed by atoms with E-state index in [0.29, 0.717) is 0 Å². The van der Waals surface area contributed by atoms with Gasteiger partial charge in [0.05, 0.1) is 12.2 Å². The highest BCUT2D eigenvalue weighted by Gasteiger charge is 2.37. The molecule has 0 aromatic heterocycles. The first-order valence-corrected chi connectivity index (χ1v) is 8.10. The van der Waals surface area contributed by atoms with Crippen molar-refractivity contribution in [2.75, 3.05) is 24.7 Å². The van der Waals surface area contributed by atoms with E-state index in [9.17, 15) is 13.2 Å². The van der Waals surface area contributed by atoms with Crippen molar-refractivity contribution >= 4 is 21.6 Å². The summed E-state index contributed by atoms with van der Waals surface area (Å²) in [6.45, 7) is 2.58. The molecule has 1 saturated heterocycles. The molecule has 1 fully saturated rings. The molecule has 1 heterocycles. The van der Waals surface area contributed by atoms with Crippen molar-refractivity contribution in [2.45, 2.75) is 13.3 Å². The van der Waals surface area contributed by atoms with Crippen LogP contribution in [0.4, 0.5) is 5.69 Å². The summed E-state index contributed by atoms with van der Waals surface area (Å²) in [7, 11) is -3.16. The summed E-state index contributed by atoms with van der Waals surface area (Å²) in [5, 5.41) is 2.87. The number of hydrogen-bond donors (Lipinski definition) is 1. The van der Waals surface area contributed by atoms with Crippen molar-refractivity contribution in [3.8, 4) is 0 Å². The Kier molecular flexibility index (Phi) is 3.91. The minimum Gasteiger partial charge on any atom is -0.326 e. The van der Waals surface area contributed by atoms with E-state index in [-0.39, 0.29) is 24.9 Å². The first-order chi connectivity index (χ1) is 8.91. The number of rotatable bonds is 4. The molecule has 6 heteroatoms. The number of nitrogens with zero attached hydrogens (tertiary/aromatic N) is 1. The Morgan fingerprint density at radius 3 is 2.58 bits per heavy atom. The molecule has 0 bridgehead atoms. The van der Waals surface area contributed by atoms with E-state index in [1.165, 1.54) is 4.31 Å². The van der Waals surface area contributed by atoms with E-state index in [4.69, 9.17) is 0 Å². The summed E-state index contributed by atoms with van der Waals surface area (Å²) >= 11 is 0. The van der Waals surface area contributed by atoms with Crippen LogP contribution in [0.3, 0.4) is 0 Å². The molecule has 1 aromatic carbocycles. The van der Waals surface area contributed by atoms with Crippen LogP contribution in [-0.2, 0) is 21.2 Å². The second-order valence-corrected chi connectivity index (χ2v) is 6.76. The number of para-hydroxylation sites is 1. The Morgan fingerprint density at radius 2 is 2.00 bits per heavy atom. The third-order valence-corrected chi connectivity index (χ3v) is 4.58. The maximum Gasteiger partial charge on any atom is 0.230 e. The quantitative estimate of drug-likeness (QED) is 0.898. The fraction of sp³-hybridized carbons (Fsp3) is 0.462. The summed E-state index contributed by atoms with van der Waals surface area (Å²) in [6.07, 6.45) is 2.00. The van der Waals surface area contributed by atoms with Gasteiger partial charge in [-0.05, 0) is 18.1 Å². The van der Waals surface area contributed by atoms with Crippen molar-refractivity contribution in [1.82, 2.24) is 4.31 Å². The van der Waals surface area contributed by atoms with Crippen molar-refractivity contribution in [3.63, 3.8) is 0 Å². The summed E-state index contributed by atoms with van der Waals surface area (Å²) in [5.41, 5.74) is 1.89. The Labute approximate surface area is 113 Å². The number of amides is 1. The van der Waals surface area contributed by atoms with Gasteiger partial charge in [-0.2, -0.15) is 0 Å². The van der Waals surface area contributed by atoms with Crippen LogP contribution in [0.1, 0.15) is 12.5 Å². The summed E-state index contributed by atoms with van der Waals surface area (Å²) in [4.78, 5) is 12.0. The number of benzene rings is 1. The molecule has 19 heavy (non-hydrogen) atoms. The highest BCUT2D eigenvalue weighted by atomic mass is 32.2. The summed E-state index contributed by atoms with van der Waals surface area (Å²) < 4.78 is 23.8. The average Bonchev–Trinajstić information content (AvgIpc) is 2.25. The smallest absolute Gasteiger partial charge is 0.230 e. The van der Waals surface area contributed by atoms with Crippen molar-refractivity contribution in [2.24, 2.45) is 5.92 Å². The SMILES string of the molecule is CCc1ccccc1NC(=O)C1CN(S(C)(=O)=O)C1. The minimum atomic E-state index is -3.16. The van der Waals surface area contributed by atoms with Gasteiger partial charge in [0.25, 0.3) is 0 Å². The maximum absolute atomic E-state index is 12.0. The third-order valence-electron chi connectivity index (χ3n) is 3.34. The number of carbonyl (C=O) groups excluding carboxylic acids is 1. The molecule has 0 saturated carbocycles. The summed E-state index contributed by atoms with van der Waals surface area (Å²) in [5.74, 6) is -0.361. The average molecular weight is 282 g/mol. The molecule has 0 atom stereocenters. The molecule has 1 aliphatic heterocycles. The number of nitrogens with one attached hydrogen (secondary N) is 1. The molecule has 2 rings (SSSR count). The van der Waals surface area contributed by atoms with Crippen LogP contribution in [0.15, 0.2) is 24.3 Å². The van der Waals surface area contributed by atoms with Gasteiger partial charge in [0.15, 0.2) is 0 Å². The monoisotopic (exact) mass is 282 g/mol. The van der Waals surface area contributed by atoms with E-state index in [1.54, 1.807) is 0 Å². The van der Waals surface area contributed by atoms with Gasteiger partial charge >= 0.3 is 0 Å². The molecule has 5 nitrogen and oxygen atoms in total. The lowest BCUT2D eigenvalue weighted by molar-refractivity contribution is -0.122. The number of hydrogen-bond acceptors (Lipinski definition) is 3. The Balaban J connectivity index is 1.97. The molecule has 0 radical (unpaired) electrons. The van der Waals surface area contributed by atoms with E-state index < -0.39 is 10.0 Å². The number of anilines is 1. The zero-order valence-corrected chi connectivity index (χ0v) is 11.9. The highest BCUT2D eigenvalue weighted by molar-refractivity contribution is 7.88. The number of aryl methyl sites for hydroxylation is 1. The van der Waals surface area contributed by atoms with Crippen LogP contribution in [0.5, 0.6) is 0 Å². The lowest BCUT2D eigenvalue weighted by Gasteiger charge is -2.36. The van der Waals surface area contributed by atoms with Gasteiger partial charge in [-0.1, -0.05) is 25.1 Å².